The zero-order chi connectivity index (χ0) is 27.2. The SMILES string of the molecule is CC(=O)/C=C(/C)O.CC1(C)c2[c-]c(-c3ccccn3)cc3c2P(c2ccccc21)c1ccccc1C3(C)C.[Pt]. The van der Waals surface area contributed by atoms with Crippen molar-refractivity contribution in [1.29, 1.82) is 0 Å². The van der Waals surface area contributed by atoms with Crippen LogP contribution < -0.4 is 15.9 Å². The van der Waals surface area contributed by atoms with Crippen LogP contribution in [-0.2, 0) is 36.7 Å². The Balaban J connectivity index is 0.000000394. The molecule has 1 N–H and O–H groups in total. The Labute approximate surface area is 247 Å². The van der Waals surface area contributed by atoms with Gasteiger partial charge in [0.2, 0.25) is 0 Å². The third-order valence-corrected chi connectivity index (χ3v) is 10.2. The molecule has 5 heteroatoms. The number of hydrogen-bond donors (Lipinski definition) is 1. The van der Waals surface area contributed by atoms with Gasteiger partial charge in [-0.05, 0) is 58.2 Å². The van der Waals surface area contributed by atoms with Gasteiger partial charge in [0.15, 0.2) is 5.78 Å². The first kappa shape index (κ1) is 29.1. The third-order valence-electron chi connectivity index (χ3n) is 7.55. The van der Waals surface area contributed by atoms with Crippen molar-refractivity contribution in [2.24, 2.45) is 0 Å². The first-order valence-corrected chi connectivity index (χ1v) is 14.3. The van der Waals surface area contributed by atoms with Crippen molar-refractivity contribution in [3.05, 3.63) is 119 Å². The smallest absolute Gasteiger partial charge is 0.155 e. The van der Waals surface area contributed by atoms with Gasteiger partial charge < -0.3 is 10.1 Å². The van der Waals surface area contributed by atoms with Gasteiger partial charge in [0.1, 0.15) is 0 Å². The van der Waals surface area contributed by atoms with Crippen LogP contribution in [0.15, 0.2) is 90.8 Å². The molecule has 0 radical (unpaired) electrons. The number of carbonyl (C=O) groups is 1. The molecule has 2 aliphatic rings. The number of aliphatic hydroxyl groups excluding tert-OH is 1. The largest absolute Gasteiger partial charge is 0.512 e. The molecule has 3 aromatic carbocycles. The molecular formula is C34H33NO2PPt-. The van der Waals surface area contributed by atoms with Crippen LogP contribution in [0.2, 0.25) is 0 Å². The summed E-state index contributed by atoms with van der Waals surface area (Å²) in [7, 11) is -0.601. The van der Waals surface area contributed by atoms with E-state index in [2.05, 4.69) is 105 Å². The van der Waals surface area contributed by atoms with Crippen LogP contribution in [0.5, 0.6) is 0 Å². The second kappa shape index (κ2) is 11.0. The average molecular weight is 714 g/mol. The predicted octanol–water partition coefficient (Wildman–Crippen LogP) is 6.62. The van der Waals surface area contributed by atoms with Crippen LogP contribution in [0, 0.1) is 6.07 Å². The summed E-state index contributed by atoms with van der Waals surface area (Å²) in [5.74, 6) is -0.0625. The van der Waals surface area contributed by atoms with Gasteiger partial charge in [-0.15, -0.1) is 28.8 Å². The Hall–Kier alpha value is -2.86. The number of pyridine rings is 1. The monoisotopic (exact) mass is 713 g/mol. The van der Waals surface area contributed by atoms with E-state index in [4.69, 9.17) is 5.11 Å². The molecule has 39 heavy (non-hydrogen) atoms. The molecule has 202 valence electrons. The molecule has 0 spiro atoms. The number of hydrogen-bond acceptors (Lipinski definition) is 3. The van der Waals surface area contributed by atoms with Crippen molar-refractivity contribution in [3.63, 3.8) is 0 Å². The molecule has 0 fully saturated rings. The minimum absolute atomic E-state index is 0. The van der Waals surface area contributed by atoms with E-state index < -0.39 is 7.92 Å². The van der Waals surface area contributed by atoms with E-state index in [-0.39, 0.29) is 43.4 Å². The van der Waals surface area contributed by atoms with E-state index in [0.29, 0.717) is 0 Å². The maximum absolute atomic E-state index is 10.0. The van der Waals surface area contributed by atoms with Gasteiger partial charge in [0, 0.05) is 33.3 Å². The molecule has 0 saturated heterocycles. The fourth-order valence-electron chi connectivity index (χ4n) is 5.74. The molecule has 0 amide bonds. The van der Waals surface area contributed by atoms with Crippen LogP contribution in [-0.4, -0.2) is 15.9 Å². The number of aromatic nitrogens is 1. The van der Waals surface area contributed by atoms with E-state index in [1.54, 1.807) is 0 Å². The summed E-state index contributed by atoms with van der Waals surface area (Å²) < 4.78 is 0. The number of allylic oxidation sites excluding steroid dienone is 2. The van der Waals surface area contributed by atoms with Gasteiger partial charge in [0.25, 0.3) is 0 Å². The molecule has 0 aliphatic carbocycles. The topological polar surface area (TPSA) is 50.2 Å². The fraction of sp³-hybridized carbons (Fsp3) is 0.235. The van der Waals surface area contributed by atoms with E-state index in [1.165, 1.54) is 58.1 Å². The molecule has 1 unspecified atom stereocenters. The molecule has 0 saturated carbocycles. The van der Waals surface area contributed by atoms with Crippen molar-refractivity contribution >= 4 is 29.6 Å². The number of nitrogens with zero attached hydrogens (tertiary/aromatic N) is 1. The van der Waals surface area contributed by atoms with Crippen molar-refractivity contribution in [3.8, 4) is 11.3 Å². The number of aliphatic hydroxyl groups is 1. The third kappa shape index (κ3) is 5.08. The maximum atomic E-state index is 10.0. The molecule has 6 rings (SSSR count). The summed E-state index contributed by atoms with van der Waals surface area (Å²) in [6.45, 7) is 12.3. The summed E-state index contributed by atoms with van der Waals surface area (Å²) in [6, 6.07) is 30.5. The quantitative estimate of drug-likeness (QED) is 0.110. The molecule has 1 aromatic heterocycles. The minimum Gasteiger partial charge on any atom is -0.512 e. The minimum atomic E-state index is -0.601. The van der Waals surface area contributed by atoms with Crippen LogP contribution in [0.4, 0.5) is 0 Å². The Morgan fingerprint density at radius 1 is 0.846 bits per heavy atom. The predicted molar refractivity (Wildman–Crippen MR) is 159 cm³/mol. The normalized spacial score (nSPS) is 17.3. The van der Waals surface area contributed by atoms with E-state index >= 15 is 0 Å². The van der Waals surface area contributed by atoms with Crippen molar-refractivity contribution in [1.82, 2.24) is 4.98 Å². The number of fused-ring (bicyclic) bond motifs is 4. The fourth-order valence-corrected chi connectivity index (χ4v) is 9.28. The van der Waals surface area contributed by atoms with Gasteiger partial charge in [-0.3, -0.25) is 4.79 Å². The van der Waals surface area contributed by atoms with E-state index in [0.717, 1.165) is 11.3 Å². The molecule has 2 aliphatic heterocycles. The number of rotatable bonds is 2. The van der Waals surface area contributed by atoms with Crippen molar-refractivity contribution in [2.75, 3.05) is 0 Å². The van der Waals surface area contributed by atoms with Crippen LogP contribution in [0.1, 0.15) is 63.8 Å². The Morgan fingerprint density at radius 3 is 1.92 bits per heavy atom. The molecule has 4 aromatic rings. The number of benzene rings is 3. The summed E-state index contributed by atoms with van der Waals surface area (Å²) >= 11 is 0. The van der Waals surface area contributed by atoms with E-state index in [9.17, 15) is 4.79 Å². The van der Waals surface area contributed by atoms with Gasteiger partial charge in [-0.1, -0.05) is 102 Å². The zero-order valence-corrected chi connectivity index (χ0v) is 26.3. The first-order chi connectivity index (χ1) is 18.0. The maximum Gasteiger partial charge on any atom is 0.155 e. The van der Waals surface area contributed by atoms with Gasteiger partial charge in [-0.2, -0.15) is 0 Å². The zero-order valence-electron chi connectivity index (χ0n) is 23.1. The summed E-state index contributed by atoms with van der Waals surface area (Å²) in [6.07, 6.45) is 3.04. The molecule has 3 heterocycles. The summed E-state index contributed by atoms with van der Waals surface area (Å²) in [5.41, 5.74) is 7.59. The van der Waals surface area contributed by atoms with E-state index in [1.807, 2.05) is 12.3 Å². The Morgan fingerprint density at radius 2 is 1.41 bits per heavy atom. The van der Waals surface area contributed by atoms with Gasteiger partial charge >= 0.3 is 0 Å². The summed E-state index contributed by atoms with van der Waals surface area (Å²) in [5, 5.41) is 12.9. The molecule has 1 atom stereocenters. The van der Waals surface area contributed by atoms with Gasteiger partial charge in [0.05, 0.1) is 5.76 Å². The van der Waals surface area contributed by atoms with Crippen molar-refractivity contribution < 1.29 is 31.0 Å². The van der Waals surface area contributed by atoms with Gasteiger partial charge in [-0.25, -0.2) is 0 Å². The molecule has 0 bridgehead atoms. The Kier molecular flexibility index (Phi) is 8.18. The van der Waals surface area contributed by atoms with Crippen LogP contribution in [0.25, 0.3) is 11.3 Å². The molecule has 3 nitrogen and oxygen atoms in total. The second-order valence-electron chi connectivity index (χ2n) is 11.1. The first-order valence-electron chi connectivity index (χ1n) is 12.9. The second-order valence-corrected chi connectivity index (χ2v) is 13.1. The molecular weight excluding hydrogens is 680 g/mol. The summed E-state index contributed by atoms with van der Waals surface area (Å²) in [4.78, 5) is 14.7. The number of ketones is 1. The van der Waals surface area contributed by atoms with Crippen molar-refractivity contribution in [2.45, 2.75) is 52.4 Å². The van der Waals surface area contributed by atoms with Crippen LogP contribution in [0.3, 0.4) is 0 Å². The average Bonchev–Trinajstić information content (AvgIpc) is 2.88. The Bertz CT molecular complexity index is 1490. The van der Waals surface area contributed by atoms with Crippen LogP contribution >= 0.6 is 7.92 Å². The standard InChI is InChI=1S/C29H25NP.C5H8O2.Pt/c1-28(2)20-11-5-7-14-25(20)31-26-15-8-6-12-21(26)29(3,4)23-18-19(17-22(28)27(23)31)24-13-9-10-16-30-24;1-4(6)3-5(2)7;/h5-17H,1-4H3;3,6H,1-2H3;/q-1;;/b;4-3-;. The number of carbonyl (C=O) groups excluding carboxylic acids is 1.